The maximum absolute atomic E-state index is 12.0. The molecule has 1 aromatic carbocycles. The van der Waals surface area contributed by atoms with Gasteiger partial charge in [-0.05, 0) is 18.4 Å². The zero-order chi connectivity index (χ0) is 11.7. The highest BCUT2D eigenvalue weighted by atomic mass is 16.2. The molecule has 0 radical (unpaired) electrons. The van der Waals surface area contributed by atoms with E-state index in [1.54, 1.807) is 4.90 Å². The molecule has 2 nitrogen and oxygen atoms in total. The van der Waals surface area contributed by atoms with E-state index in [1.165, 1.54) is 0 Å². The second-order valence-electron chi connectivity index (χ2n) is 4.63. The number of anilines is 1. The zero-order valence-electron chi connectivity index (χ0n) is 10.0. The second kappa shape index (κ2) is 4.12. The Labute approximate surface area is 96.6 Å². The number of likely N-dealkylation sites (N-methyl/N-ethyl adjacent to an activating group) is 1. The number of carbonyl (C=O) groups is 1. The molecule has 0 N–H and O–H groups in total. The molecule has 1 heterocycles. The minimum Gasteiger partial charge on any atom is -0.311 e. The molecule has 0 atom stereocenters. The Bertz CT molecular complexity index is 446. The highest BCUT2D eigenvalue weighted by molar-refractivity contribution is 6.32. The Kier molecular flexibility index (Phi) is 2.82. The molecule has 0 saturated carbocycles. The summed E-state index contributed by atoms with van der Waals surface area (Å²) in [5.74, 6) is 0.695. The van der Waals surface area contributed by atoms with Gasteiger partial charge in [0.1, 0.15) is 0 Å². The number of hydrogen-bond donors (Lipinski definition) is 0. The van der Waals surface area contributed by atoms with Crippen molar-refractivity contribution in [2.75, 3.05) is 11.9 Å². The lowest BCUT2D eigenvalue weighted by Gasteiger charge is -2.08. The van der Waals surface area contributed by atoms with Crippen LogP contribution in [0, 0.1) is 5.92 Å². The fourth-order valence-corrected chi connectivity index (χ4v) is 1.95. The Morgan fingerprint density at radius 3 is 2.69 bits per heavy atom. The molecule has 0 aliphatic carbocycles. The Morgan fingerprint density at radius 1 is 1.31 bits per heavy atom. The van der Waals surface area contributed by atoms with E-state index in [2.05, 4.69) is 19.9 Å². The van der Waals surface area contributed by atoms with Gasteiger partial charge in [-0.2, -0.15) is 0 Å². The summed E-state index contributed by atoms with van der Waals surface area (Å²) in [7, 11) is 1.83. The summed E-state index contributed by atoms with van der Waals surface area (Å²) in [6.45, 7) is 4.32. The Hall–Kier alpha value is -1.57. The summed E-state index contributed by atoms with van der Waals surface area (Å²) in [5, 5.41) is 0. The van der Waals surface area contributed by atoms with Crippen LogP contribution in [0.25, 0.3) is 5.57 Å². The zero-order valence-corrected chi connectivity index (χ0v) is 10.0. The van der Waals surface area contributed by atoms with E-state index in [1.807, 2.05) is 31.3 Å². The third-order valence-corrected chi connectivity index (χ3v) is 2.88. The molecular formula is C14H17NO. The Balaban J connectivity index is 2.41. The van der Waals surface area contributed by atoms with E-state index in [0.29, 0.717) is 5.92 Å². The number of rotatable bonds is 2. The van der Waals surface area contributed by atoms with Crippen molar-refractivity contribution < 1.29 is 4.79 Å². The van der Waals surface area contributed by atoms with E-state index in [0.717, 1.165) is 23.2 Å². The number of nitrogens with zero attached hydrogens (tertiary/aromatic N) is 1. The number of allylic oxidation sites excluding steroid dienone is 1. The first kappa shape index (κ1) is 10.9. The van der Waals surface area contributed by atoms with Gasteiger partial charge in [0.2, 0.25) is 0 Å². The summed E-state index contributed by atoms with van der Waals surface area (Å²) >= 11 is 0. The summed E-state index contributed by atoms with van der Waals surface area (Å²) in [6, 6.07) is 7.95. The number of fused-ring (bicyclic) bond motifs is 1. The van der Waals surface area contributed by atoms with Gasteiger partial charge in [0, 0.05) is 18.2 Å². The smallest absolute Gasteiger partial charge is 0.258 e. The fraction of sp³-hybridized carbons (Fsp3) is 0.357. The van der Waals surface area contributed by atoms with E-state index >= 15 is 0 Å². The number of benzene rings is 1. The lowest BCUT2D eigenvalue weighted by atomic mass is 10.0. The van der Waals surface area contributed by atoms with Crippen LogP contribution in [-0.4, -0.2) is 13.0 Å². The fourth-order valence-electron chi connectivity index (χ4n) is 1.95. The molecule has 0 fully saturated rings. The van der Waals surface area contributed by atoms with E-state index in [4.69, 9.17) is 0 Å². The quantitative estimate of drug-likeness (QED) is 0.694. The number of carbonyl (C=O) groups excluding carboxylic acids is 1. The monoisotopic (exact) mass is 215 g/mol. The third-order valence-electron chi connectivity index (χ3n) is 2.88. The molecule has 0 unspecified atom stereocenters. The molecular weight excluding hydrogens is 198 g/mol. The number of para-hydroxylation sites is 1. The van der Waals surface area contributed by atoms with Gasteiger partial charge in [-0.25, -0.2) is 0 Å². The summed E-state index contributed by atoms with van der Waals surface area (Å²) in [4.78, 5) is 13.8. The van der Waals surface area contributed by atoms with E-state index < -0.39 is 0 Å². The SMILES string of the molecule is CC(C)C/C=C1\C(=O)N(C)c2ccccc21. The maximum atomic E-state index is 12.0. The molecule has 1 aliphatic rings. The summed E-state index contributed by atoms with van der Waals surface area (Å²) in [6.07, 6.45) is 3.01. The predicted octanol–water partition coefficient (Wildman–Crippen LogP) is 3.09. The third kappa shape index (κ3) is 1.75. The molecule has 2 rings (SSSR count). The highest BCUT2D eigenvalue weighted by Gasteiger charge is 2.28. The molecule has 16 heavy (non-hydrogen) atoms. The Morgan fingerprint density at radius 2 is 2.00 bits per heavy atom. The van der Waals surface area contributed by atoms with Crippen molar-refractivity contribution in [3.63, 3.8) is 0 Å². The van der Waals surface area contributed by atoms with Crippen LogP contribution in [0.15, 0.2) is 30.3 Å². The van der Waals surface area contributed by atoms with Crippen molar-refractivity contribution in [3.8, 4) is 0 Å². The van der Waals surface area contributed by atoms with Crippen molar-refractivity contribution in [2.45, 2.75) is 20.3 Å². The van der Waals surface area contributed by atoms with E-state index in [9.17, 15) is 4.79 Å². The van der Waals surface area contributed by atoms with Gasteiger partial charge in [-0.1, -0.05) is 38.1 Å². The van der Waals surface area contributed by atoms with Crippen LogP contribution in [0.4, 0.5) is 5.69 Å². The molecule has 1 aromatic rings. The van der Waals surface area contributed by atoms with Crippen LogP contribution in [0.1, 0.15) is 25.8 Å². The first-order valence-corrected chi connectivity index (χ1v) is 5.69. The van der Waals surface area contributed by atoms with Gasteiger partial charge in [0.15, 0.2) is 0 Å². The average Bonchev–Trinajstić information content (AvgIpc) is 2.50. The molecule has 0 spiro atoms. The van der Waals surface area contributed by atoms with Crippen molar-refractivity contribution in [1.29, 1.82) is 0 Å². The van der Waals surface area contributed by atoms with Crippen LogP contribution in [0.5, 0.6) is 0 Å². The van der Waals surface area contributed by atoms with Gasteiger partial charge < -0.3 is 4.90 Å². The van der Waals surface area contributed by atoms with Crippen LogP contribution in [-0.2, 0) is 4.79 Å². The maximum Gasteiger partial charge on any atom is 0.258 e. The molecule has 0 aromatic heterocycles. The van der Waals surface area contributed by atoms with Crippen LogP contribution in [0.2, 0.25) is 0 Å². The van der Waals surface area contributed by atoms with Gasteiger partial charge in [-0.3, -0.25) is 4.79 Å². The van der Waals surface area contributed by atoms with Crippen LogP contribution in [0.3, 0.4) is 0 Å². The predicted molar refractivity (Wildman–Crippen MR) is 67.3 cm³/mol. The lowest BCUT2D eigenvalue weighted by molar-refractivity contribution is -0.112. The van der Waals surface area contributed by atoms with E-state index in [-0.39, 0.29) is 5.91 Å². The van der Waals surface area contributed by atoms with Crippen LogP contribution < -0.4 is 4.90 Å². The average molecular weight is 215 g/mol. The van der Waals surface area contributed by atoms with Crippen molar-refractivity contribution in [1.82, 2.24) is 0 Å². The van der Waals surface area contributed by atoms with Gasteiger partial charge in [0.25, 0.3) is 5.91 Å². The molecule has 2 heteroatoms. The molecule has 0 bridgehead atoms. The lowest BCUT2D eigenvalue weighted by Crippen LogP contribution is -2.20. The second-order valence-corrected chi connectivity index (χ2v) is 4.63. The molecule has 84 valence electrons. The standard InChI is InChI=1S/C14H17NO/c1-10(2)8-9-12-11-6-4-5-7-13(11)15(3)14(12)16/h4-7,9-10H,8H2,1-3H3/b12-9-. The minimum absolute atomic E-state index is 0.113. The van der Waals surface area contributed by atoms with Gasteiger partial charge in [0.05, 0.1) is 5.69 Å². The molecule has 1 amide bonds. The molecule has 0 saturated heterocycles. The minimum atomic E-state index is 0.113. The van der Waals surface area contributed by atoms with Crippen molar-refractivity contribution in [2.24, 2.45) is 5.92 Å². The first-order chi connectivity index (χ1) is 7.61. The largest absolute Gasteiger partial charge is 0.311 e. The number of amides is 1. The molecule has 1 aliphatic heterocycles. The topological polar surface area (TPSA) is 20.3 Å². The highest BCUT2D eigenvalue weighted by Crippen LogP contribution is 2.35. The van der Waals surface area contributed by atoms with Gasteiger partial charge in [-0.15, -0.1) is 0 Å². The van der Waals surface area contributed by atoms with Crippen molar-refractivity contribution >= 4 is 17.2 Å². The van der Waals surface area contributed by atoms with Crippen molar-refractivity contribution in [3.05, 3.63) is 35.9 Å². The summed E-state index contributed by atoms with van der Waals surface area (Å²) < 4.78 is 0. The van der Waals surface area contributed by atoms with Crippen LogP contribution >= 0.6 is 0 Å². The number of hydrogen-bond acceptors (Lipinski definition) is 1. The summed E-state index contributed by atoms with van der Waals surface area (Å²) in [5.41, 5.74) is 2.94. The normalized spacial score (nSPS) is 17.4. The first-order valence-electron chi connectivity index (χ1n) is 5.69. The van der Waals surface area contributed by atoms with Gasteiger partial charge >= 0.3 is 0 Å².